The van der Waals surface area contributed by atoms with Crippen LogP contribution in [0, 0.1) is 13.8 Å². The van der Waals surface area contributed by atoms with E-state index in [2.05, 4.69) is 5.10 Å². The quantitative estimate of drug-likeness (QED) is 0.835. The molecule has 5 heteroatoms. The molecule has 1 saturated heterocycles. The number of hydrogen-bond donors (Lipinski definition) is 0. The van der Waals surface area contributed by atoms with E-state index in [4.69, 9.17) is 11.6 Å². The molecule has 0 radical (unpaired) electrons. The Hall–Kier alpha value is -1.81. The van der Waals surface area contributed by atoms with E-state index >= 15 is 0 Å². The SMILES string of the molecule is Cc1nn(Cc2cccc(C(=O)N3CCCCCC3)c2)c(C)c1Cl. The van der Waals surface area contributed by atoms with Crippen LogP contribution in [-0.4, -0.2) is 33.7 Å². The van der Waals surface area contributed by atoms with Crippen molar-refractivity contribution >= 4 is 17.5 Å². The van der Waals surface area contributed by atoms with E-state index in [-0.39, 0.29) is 5.91 Å². The minimum absolute atomic E-state index is 0.144. The summed E-state index contributed by atoms with van der Waals surface area (Å²) in [7, 11) is 0. The number of aryl methyl sites for hydroxylation is 1. The van der Waals surface area contributed by atoms with Gasteiger partial charge in [-0.15, -0.1) is 0 Å². The third-order valence-electron chi connectivity index (χ3n) is 4.69. The molecule has 24 heavy (non-hydrogen) atoms. The summed E-state index contributed by atoms with van der Waals surface area (Å²) in [6, 6.07) is 7.87. The van der Waals surface area contributed by atoms with E-state index in [1.54, 1.807) is 0 Å². The lowest BCUT2D eigenvalue weighted by Crippen LogP contribution is -2.31. The zero-order chi connectivity index (χ0) is 17.1. The number of likely N-dealkylation sites (tertiary alicyclic amines) is 1. The van der Waals surface area contributed by atoms with Gasteiger partial charge < -0.3 is 4.90 Å². The number of carbonyl (C=O) groups is 1. The first-order valence-electron chi connectivity index (χ1n) is 8.64. The largest absolute Gasteiger partial charge is 0.339 e. The highest BCUT2D eigenvalue weighted by molar-refractivity contribution is 6.31. The fraction of sp³-hybridized carbons (Fsp3) is 0.474. The summed E-state index contributed by atoms with van der Waals surface area (Å²) in [5, 5.41) is 5.19. The van der Waals surface area contributed by atoms with Crippen LogP contribution in [-0.2, 0) is 6.54 Å². The van der Waals surface area contributed by atoms with Gasteiger partial charge in [-0.1, -0.05) is 36.6 Å². The van der Waals surface area contributed by atoms with Gasteiger partial charge in [-0.25, -0.2) is 0 Å². The molecule has 2 aromatic rings. The average molecular weight is 346 g/mol. The number of amides is 1. The first-order chi connectivity index (χ1) is 11.6. The molecular weight excluding hydrogens is 322 g/mol. The number of benzene rings is 1. The third kappa shape index (κ3) is 3.64. The molecule has 0 saturated carbocycles. The van der Waals surface area contributed by atoms with Crippen molar-refractivity contribution in [1.29, 1.82) is 0 Å². The Morgan fingerprint density at radius 2 is 1.88 bits per heavy atom. The van der Waals surface area contributed by atoms with Gasteiger partial charge in [0.25, 0.3) is 5.91 Å². The van der Waals surface area contributed by atoms with Gasteiger partial charge in [-0.05, 0) is 44.4 Å². The van der Waals surface area contributed by atoms with Gasteiger partial charge in [0.1, 0.15) is 0 Å². The van der Waals surface area contributed by atoms with Crippen molar-refractivity contribution in [3.05, 3.63) is 51.8 Å². The average Bonchev–Trinajstić information content (AvgIpc) is 2.82. The molecule has 1 aliphatic rings. The molecule has 3 rings (SSSR count). The monoisotopic (exact) mass is 345 g/mol. The maximum atomic E-state index is 12.8. The second-order valence-corrected chi connectivity index (χ2v) is 6.93. The van der Waals surface area contributed by atoms with Crippen LogP contribution in [0.25, 0.3) is 0 Å². The van der Waals surface area contributed by atoms with Crippen molar-refractivity contribution in [3.63, 3.8) is 0 Å². The van der Waals surface area contributed by atoms with Crippen molar-refractivity contribution < 1.29 is 4.79 Å². The summed E-state index contributed by atoms with van der Waals surface area (Å²) in [6.07, 6.45) is 4.66. The second-order valence-electron chi connectivity index (χ2n) is 6.55. The van der Waals surface area contributed by atoms with E-state index in [9.17, 15) is 4.79 Å². The minimum Gasteiger partial charge on any atom is -0.339 e. The Morgan fingerprint density at radius 3 is 2.50 bits per heavy atom. The van der Waals surface area contributed by atoms with Crippen LogP contribution in [0.1, 0.15) is 53.0 Å². The standard InChI is InChI=1S/C19H24ClN3O/c1-14-18(20)15(2)23(21-14)13-16-8-7-9-17(12-16)19(24)22-10-5-3-4-6-11-22/h7-9,12H,3-6,10-11,13H2,1-2H3. The number of halogens is 1. The van der Waals surface area contributed by atoms with E-state index in [0.717, 1.165) is 48.4 Å². The highest BCUT2D eigenvalue weighted by atomic mass is 35.5. The molecule has 1 aromatic heterocycles. The molecule has 0 bridgehead atoms. The maximum absolute atomic E-state index is 12.8. The van der Waals surface area contributed by atoms with Crippen molar-refractivity contribution in [2.45, 2.75) is 46.1 Å². The Labute approximate surface area is 148 Å². The van der Waals surface area contributed by atoms with Gasteiger partial charge in [0, 0.05) is 18.7 Å². The smallest absolute Gasteiger partial charge is 0.253 e. The molecule has 0 aliphatic carbocycles. The van der Waals surface area contributed by atoms with Crippen LogP contribution in [0.3, 0.4) is 0 Å². The molecule has 0 atom stereocenters. The molecule has 128 valence electrons. The van der Waals surface area contributed by atoms with Crippen molar-refractivity contribution in [2.75, 3.05) is 13.1 Å². The number of aromatic nitrogens is 2. The maximum Gasteiger partial charge on any atom is 0.253 e. The summed E-state index contributed by atoms with van der Waals surface area (Å²) in [5.41, 5.74) is 3.63. The minimum atomic E-state index is 0.144. The van der Waals surface area contributed by atoms with Gasteiger partial charge in [0.2, 0.25) is 0 Å². The molecule has 1 aromatic carbocycles. The van der Waals surface area contributed by atoms with Crippen LogP contribution in [0.5, 0.6) is 0 Å². The first kappa shape index (κ1) is 17.0. The van der Waals surface area contributed by atoms with E-state index in [1.807, 2.05) is 47.7 Å². The molecule has 1 fully saturated rings. The van der Waals surface area contributed by atoms with Crippen molar-refractivity contribution in [1.82, 2.24) is 14.7 Å². The summed E-state index contributed by atoms with van der Waals surface area (Å²) >= 11 is 6.22. The molecule has 0 unspecified atom stereocenters. The first-order valence-corrected chi connectivity index (χ1v) is 9.02. The highest BCUT2D eigenvalue weighted by Gasteiger charge is 2.17. The van der Waals surface area contributed by atoms with Crippen molar-refractivity contribution in [2.24, 2.45) is 0 Å². The predicted octanol–water partition coefficient (Wildman–Crippen LogP) is 4.22. The van der Waals surface area contributed by atoms with Crippen LogP contribution >= 0.6 is 11.6 Å². The summed E-state index contributed by atoms with van der Waals surface area (Å²) < 4.78 is 1.90. The Bertz CT molecular complexity index is 730. The topological polar surface area (TPSA) is 38.1 Å². The van der Waals surface area contributed by atoms with Gasteiger partial charge in [-0.3, -0.25) is 9.48 Å². The van der Waals surface area contributed by atoms with E-state index in [0.29, 0.717) is 11.6 Å². The summed E-state index contributed by atoms with van der Waals surface area (Å²) in [4.78, 5) is 14.8. The highest BCUT2D eigenvalue weighted by Crippen LogP contribution is 2.20. The molecule has 1 amide bonds. The van der Waals surface area contributed by atoms with Crippen LogP contribution < -0.4 is 0 Å². The zero-order valence-electron chi connectivity index (χ0n) is 14.4. The lowest BCUT2D eigenvalue weighted by atomic mass is 10.1. The molecule has 1 aliphatic heterocycles. The number of hydrogen-bond acceptors (Lipinski definition) is 2. The van der Waals surface area contributed by atoms with Gasteiger partial charge >= 0.3 is 0 Å². The van der Waals surface area contributed by atoms with Gasteiger partial charge in [-0.2, -0.15) is 5.10 Å². The molecule has 0 spiro atoms. The Morgan fingerprint density at radius 1 is 1.17 bits per heavy atom. The normalized spacial score (nSPS) is 15.4. The van der Waals surface area contributed by atoms with E-state index in [1.165, 1.54) is 12.8 Å². The van der Waals surface area contributed by atoms with Gasteiger partial charge in [0.15, 0.2) is 0 Å². The summed E-state index contributed by atoms with van der Waals surface area (Å²) in [6.45, 7) is 6.24. The molecule has 2 heterocycles. The second kappa shape index (κ2) is 7.39. The fourth-order valence-electron chi connectivity index (χ4n) is 3.26. The summed E-state index contributed by atoms with van der Waals surface area (Å²) in [5.74, 6) is 0.144. The van der Waals surface area contributed by atoms with E-state index < -0.39 is 0 Å². The Balaban J connectivity index is 1.78. The van der Waals surface area contributed by atoms with Crippen LogP contribution in [0.15, 0.2) is 24.3 Å². The molecule has 4 nitrogen and oxygen atoms in total. The lowest BCUT2D eigenvalue weighted by Gasteiger charge is -2.20. The van der Waals surface area contributed by atoms with Crippen LogP contribution in [0.4, 0.5) is 0 Å². The van der Waals surface area contributed by atoms with Crippen molar-refractivity contribution in [3.8, 4) is 0 Å². The number of nitrogens with zero attached hydrogens (tertiary/aromatic N) is 3. The predicted molar refractivity (Wildman–Crippen MR) is 96.6 cm³/mol. The molecule has 0 N–H and O–H groups in total. The molecular formula is C19H24ClN3O. The lowest BCUT2D eigenvalue weighted by molar-refractivity contribution is 0.0761. The number of carbonyl (C=O) groups excluding carboxylic acids is 1. The Kier molecular flexibility index (Phi) is 5.24. The van der Waals surface area contributed by atoms with Gasteiger partial charge in [0.05, 0.1) is 23.0 Å². The third-order valence-corrected chi connectivity index (χ3v) is 5.24. The fourth-order valence-corrected chi connectivity index (χ4v) is 3.40. The number of rotatable bonds is 3. The zero-order valence-corrected chi connectivity index (χ0v) is 15.1. The van der Waals surface area contributed by atoms with Crippen LogP contribution in [0.2, 0.25) is 5.02 Å².